The number of hydrogen-bond donors (Lipinski definition) is 3. The molecule has 0 aliphatic carbocycles. The van der Waals surface area contributed by atoms with Crippen LogP contribution < -0.4 is 20.7 Å². The third-order valence-corrected chi connectivity index (χ3v) is 4.27. The Morgan fingerprint density at radius 3 is 2.30 bits per heavy atom. The van der Waals surface area contributed by atoms with Gasteiger partial charge in [0.15, 0.2) is 5.13 Å². The van der Waals surface area contributed by atoms with Crippen LogP contribution in [0, 0.1) is 0 Å². The quantitative estimate of drug-likeness (QED) is 0.506. The number of ether oxygens (including phenoxy) is 1. The second-order valence-corrected chi connectivity index (χ2v) is 6.81. The van der Waals surface area contributed by atoms with Crippen molar-refractivity contribution in [1.29, 1.82) is 0 Å². The van der Waals surface area contributed by atoms with E-state index in [2.05, 4.69) is 25.7 Å². The maximum absolute atomic E-state index is 12.4. The predicted octanol–water partition coefficient (Wildman–Crippen LogP) is 5.00. The Hall–Kier alpha value is -3.60. The van der Waals surface area contributed by atoms with Crippen LogP contribution in [-0.4, -0.2) is 23.2 Å². The Labute approximate surface area is 172 Å². The van der Waals surface area contributed by atoms with Crippen LogP contribution >= 0.6 is 11.3 Å². The zero-order valence-electron chi connectivity index (χ0n) is 15.4. The van der Waals surface area contributed by atoms with Crippen LogP contribution in [0.5, 0.6) is 5.75 Å². The third-order valence-electron chi connectivity index (χ3n) is 3.52. The van der Waals surface area contributed by atoms with Crippen LogP contribution in [-0.2, 0) is 4.79 Å². The van der Waals surface area contributed by atoms with Gasteiger partial charge >= 0.3 is 6.36 Å². The van der Waals surface area contributed by atoms with Gasteiger partial charge in [0.25, 0.3) is 5.91 Å². The highest BCUT2D eigenvalue weighted by Gasteiger charge is 2.30. The minimum Gasteiger partial charge on any atom is -0.406 e. The topological polar surface area (TPSA) is 92.4 Å². The molecule has 0 aliphatic heterocycles. The van der Waals surface area contributed by atoms with Gasteiger partial charge < -0.3 is 20.7 Å². The van der Waals surface area contributed by atoms with Crippen LogP contribution in [0.4, 0.5) is 35.4 Å². The van der Waals surface area contributed by atoms with Crippen molar-refractivity contribution in [3.8, 4) is 5.75 Å². The van der Waals surface area contributed by atoms with Gasteiger partial charge in [-0.05, 0) is 42.5 Å². The highest BCUT2D eigenvalue weighted by atomic mass is 32.1. The van der Waals surface area contributed by atoms with Crippen molar-refractivity contribution in [2.45, 2.75) is 13.3 Å². The molecule has 3 N–H and O–H groups in total. The van der Waals surface area contributed by atoms with Crippen molar-refractivity contribution in [2.24, 2.45) is 0 Å². The van der Waals surface area contributed by atoms with Crippen LogP contribution in [0.1, 0.15) is 17.4 Å². The molecule has 0 saturated heterocycles. The molecule has 0 spiro atoms. The Kier molecular flexibility index (Phi) is 6.21. The van der Waals surface area contributed by atoms with Crippen molar-refractivity contribution in [2.75, 3.05) is 16.0 Å². The molecule has 0 radical (unpaired) electrons. The molecule has 3 aromatic rings. The predicted molar refractivity (Wildman–Crippen MR) is 107 cm³/mol. The molecular weight excluding hydrogens is 421 g/mol. The van der Waals surface area contributed by atoms with Gasteiger partial charge in [-0.3, -0.25) is 9.59 Å². The van der Waals surface area contributed by atoms with Gasteiger partial charge in [-0.1, -0.05) is 6.07 Å². The SMILES string of the molecule is CC(=O)Nc1cccc(NC(=O)c2csc(Nc3ccc(OC(F)(F)F)cc3)n2)c1. The highest BCUT2D eigenvalue weighted by molar-refractivity contribution is 7.14. The van der Waals surface area contributed by atoms with Gasteiger partial charge in [-0.2, -0.15) is 0 Å². The van der Waals surface area contributed by atoms with Crippen LogP contribution in [0.25, 0.3) is 0 Å². The second-order valence-electron chi connectivity index (χ2n) is 5.95. The van der Waals surface area contributed by atoms with E-state index in [1.165, 1.54) is 36.6 Å². The number of thiazole rings is 1. The summed E-state index contributed by atoms with van der Waals surface area (Å²) in [4.78, 5) is 27.7. The monoisotopic (exact) mass is 436 g/mol. The molecular formula is C19H15F3N4O3S. The fourth-order valence-electron chi connectivity index (χ4n) is 2.37. The molecule has 1 heterocycles. The lowest BCUT2D eigenvalue weighted by atomic mass is 10.2. The van der Waals surface area contributed by atoms with Crippen molar-refractivity contribution < 1.29 is 27.5 Å². The summed E-state index contributed by atoms with van der Waals surface area (Å²) in [5.41, 5.74) is 1.66. The molecule has 0 aliphatic rings. The summed E-state index contributed by atoms with van der Waals surface area (Å²) in [6, 6.07) is 11.8. The zero-order valence-corrected chi connectivity index (χ0v) is 16.2. The summed E-state index contributed by atoms with van der Waals surface area (Å²) in [7, 11) is 0. The number of amides is 2. The summed E-state index contributed by atoms with van der Waals surface area (Å²) < 4.78 is 40.4. The number of aromatic nitrogens is 1. The number of anilines is 4. The first-order valence-electron chi connectivity index (χ1n) is 8.45. The summed E-state index contributed by atoms with van der Waals surface area (Å²) in [5.74, 6) is -1.02. The number of carbonyl (C=O) groups is 2. The number of rotatable bonds is 6. The number of hydrogen-bond acceptors (Lipinski definition) is 6. The Morgan fingerprint density at radius 1 is 1.00 bits per heavy atom. The molecule has 0 saturated carbocycles. The number of nitrogens with one attached hydrogen (secondary N) is 3. The second kappa shape index (κ2) is 8.82. The number of nitrogens with zero attached hydrogens (tertiary/aromatic N) is 1. The van der Waals surface area contributed by atoms with Crippen molar-refractivity contribution in [3.05, 3.63) is 59.6 Å². The number of halogens is 3. The number of alkyl halides is 3. The van der Waals surface area contributed by atoms with Gasteiger partial charge in [-0.15, -0.1) is 24.5 Å². The molecule has 30 heavy (non-hydrogen) atoms. The maximum atomic E-state index is 12.4. The minimum atomic E-state index is -4.76. The van der Waals surface area contributed by atoms with E-state index in [-0.39, 0.29) is 17.4 Å². The lowest BCUT2D eigenvalue weighted by Crippen LogP contribution is -2.16. The molecule has 2 aromatic carbocycles. The third kappa shape index (κ3) is 6.21. The molecule has 0 atom stereocenters. The van der Waals surface area contributed by atoms with E-state index in [1.54, 1.807) is 24.3 Å². The summed E-state index contributed by atoms with van der Waals surface area (Å²) in [6.45, 7) is 1.38. The molecule has 0 unspecified atom stereocenters. The molecule has 156 valence electrons. The fraction of sp³-hybridized carbons (Fsp3) is 0.105. The first-order valence-corrected chi connectivity index (χ1v) is 9.33. The van der Waals surface area contributed by atoms with Crippen molar-refractivity contribution >= 4 is 45.3 Å². The van der Waals surface area contributed by atoms with Crippen LogP contribution in [0.2, 0.25) is 0 Å². The summed E-state index contributed by atoms with van der Waals surface area (Å²) >= 11 is 1.16. The van der Waals surface area contributed by atoms with E-state index >= 15 is 0 Å². The molecule has 2 amide bonds. The first-order chi connectivity index (χ1) is 14.2. The van der Waals surface area contributed by atoms with E-state index in [1.807, 2.05) is 0 Å². The Bertz CT molecular complexity index is 1050. The van der Waals surface area contributed by atoms with E-state index in [4.69, 9.17) is 0 Å². The number of carbonyl (C=O) groups excluding carboxylic acids is 2. The fourth-order valence-corrected chi connectivity index (χ4v) is 3.08. The summed E-state index contributed by atoms with van der Waals surface area (Å²) in [5, 5.41) is 10.1. The maximum Gasteiger partial charge on any atom is 0.573 e. The zero-order chi connectivity index (χ0) is 21.7. The van der Waals surface area contributed by atoms with E-state index in [0.29, 0.717) is 22.2 Å². The first kappa shape index (κ1) is 21.1. The molecule has 3 rings (SSSR count). The molecule has 1 aromatic heterocycles. The van der Waals surface area contributed by atoms with E-state index in [0.717, 1.165) is 11.3 Å². The minimum absolute atomic E-state index is 0.157. The standard InChI is InChI=1S/C19H15F3N4O3S/c1-11(27)23-13-3-2-4-14(9-13)24-17(28)16-10-30-18(26-16)25-12-5-7-15(8-6-12)29-19(20,21)22/h2-10H,1H3,(H,23,27)(H,24,28)(H,25,26). The average Bonchev–Trinajstić information content (AvgIpc) is 3.10. The van der Waals surface area contributed by atoms with Gasteiger partial charge in [0.2, 0.25) is 5.91 Å². The molecule has 7 nitrogen and oxygen atoms in total. The van der Waals surface area contributed by atoms with Gasteiger partial charge in [0.1, 0.15) is 11.4 Å². The number of benzene rings is 2. The lowest BCUT2D eigenvalue weighted by Gasteiger charge is -2.09. The van der Waals surface area contributed by atoms with Gasteiger partial charge in [0.05, 0.1) is 0 Å². The van der Waals surface area contributed by atoms with Gasteiger partial charge in [-0.25, -0.2) is 4.98 Å². The van der Waals surface area contributed by atoms with E-state index < -0.39 is 12.3 Å². The van der Waals surface area contributed by atoms with Crippen molar-refractivity contribution in [3.63, 3.8) is 0 Å². The lowest BCUT2D eigenvalue weighted by molar-refractivity contribution is -0.274. The molecule has 0 fully saturated rings. The van der Waals surface area contributed by atoms with Gasteiger partial charge in [0, 0.05) is 29.4 Å². The smallest absolute Gasteiger partial charge is 0.406 e. The normalized spacial score (nSPS) is 10.9. The molecule has 0 bridgehead atoms. The highest BCUT2D eigenvalue weighted by Crippen LogP contribution is 2.26. The summed E-state index contributed by atoms with van der Waals surface area (Å²) in [6.07, 6.45) is -4.76. The average molecular weight is 436 g/mol. The van der Waals surface area contributed by atoms with Crippen LogP contribution in [0.3, 0.4) is 0 Å². The Balaban J connectivity index is 1.62. The molecule has 11 heteroatoms. The largest absolute Gasteiger partial charge is 0.573 e. The van der Waals surface area contributed by atoms with Crippen molar-refractivity contribution in [1.82, 2.24) is 4.98 Å². The Morgan fingerprint density at radius 2 is 1.67 bits per heavy atom. The van der Waals surface area contributed by atoms with E-state index in [9.17, 15) is 22.8 Å². The van der Waals surface area contributed by atoms with Crippen LogP contribution in [0.15, 0.2) is 53.9 Å².